The number of thiophene rings is 1. The van der Waals surface area contributed by atoms with Crippen molar-refractivity contribution in [1.82, 2.24) is 5.32 Å². The van der Waals surface area contributed by atoms with E-state index < -0.39 is 0 Å². The molecule has 0 radical (unpaired) electrons. The Morgan fingerprint density at radius 3 is 3.12 bits per heavy atom. The molecule has 2 heterocycles. The Morgan fingerprint density at radius 1 is 1.62 bits per heavy atom. The van der Waals surface area contributed by atoms with Crippen molar-refractivity contribution in [2.45, 2.75) is 38.3 Å². The zero-order chi connectivity index (χ0) is 11.4. The second-order valence-corrected chi connectivity index (χ2v) is 6.74. The van der Waals surface area contributed by atoms with E-state index in [0.717, 1.165) is 19.6 Å². The van der Waals surface area contributed by atoms with Crippen LogP contribution in [0.1, 0.15) is 37.1 Å². The molecular formula is C12H18BrNOS. The van der Waals surface area contributed by atoms with E-state index in [-0.39, 0.29) is 0 Å². The molecule has 1 aliphatic rings. The van der Waals surface area contributed by atoms with Crippen molar-refractivity contribution < 1.29 is 4.74 Å². The summed E-state index contributed by atoms with van der Waals surface area (Å²) < 4.78 is 6.80. The summed E-state index contributed by atoms with van der Waals surface area (Å²) in [5.41, 5.74) is 0. The van der Waals surface area contributed by atoms with Crippen LogP contribution < -0.4 is 5.32 Å². The van der Waals surface area contributed by atoms with Gasteiger partial charge in [-0.25, -0.2) is 0 Å². The lowest BCUT2D eigenvalue weighted by Crippen LogP contribution is -2.22. The van der Waals surface area contributed by atoms with E-state index in [0.29, 0.717) is 12.1 Å². The van der Waals surface area contributed by atoms with Gasteiger partial charge in [0, 0.05) is 17.5 Å². The van der Waals surface area contributed by atoms with Gasteiger partial charge in [-0.3, -0.25) is 0 Å². The van der Waals surface area contributed by atoms with Gasteiger partial charge in [-0.05, 0) is 60.8 Å². The quantitative estimate of drug-likeness (QED) is 0.895. The van der Waals surface area contributed by atoms with Crippen molar-refractivity contribution in [2.75, 3.05) is 13.2 Å². The van der Waals surface area contributed by atoms with Crippen LogP contribution in [0, 0.1) is 0 Å². The Hall–Kier alpha value is 0.1000. The van der Waals surface area contributed by atoms with Gasteiger partial charge in [0.2, 0.25) is 0 Å². The Bertz CT molecular complexity index is 323. The lowest BCUT2D eigenvalue weighted by molar-refractivity contribution is 0.103. The first kappa shape index (κ1) is 12.6. The van der Waals surface area contributed by atoms with E-state index in [2.05, 4.69) is 40.3 Å². The molecule has 16 heavy (non-hydrogen) atoms. The van der Waals surface area contributed by atoms with E-state index in [9.17, 15) is 0 Å². The van der Waals surface area contributed by atoms with Crippen molar-refractivity contribution >= 4 is 27.3 Å². The number of halogens is 1. The van der Waals surface area contributed by atoms with Crippen LogP contribution in [0.25, 0.3) is 0 Å². The Balaban J connectivity index is 1.69. The molecule has 4 heteroatoms. The zero-order valence-electron chi connectivity index (χ0n) is 9.54. The van der Waals surface area contributed by atoms with E-state index in [1.54, 1.807) is 11.3 Å². The number of hydrogen-bond acceptors (Lipinski definition) is 3. The van der Waals surface area contributed by atoms with Crippen LogP contribution >= 0.6 is 27.3 Å². The van der Waals surface area contributed by atoms with Crippen LogP contribution in [0.5, 0.6) is 0 Å². The van der Waals surface area contributed by atoms with Gasteiger partial charge in [0.15, 0.2) is 0 Å². The fourth-order valence-electron chi connectivity index (χ4n) is 1.99. The fraction of sp³-hybridized carbons (Fsp3) is 0.667. The van der Waals surface area contributed by atoms with Gasteiger partial charge < -0.3 is 10.1 Å². The number of nitrogens with one attached hydrogen (secondary N) is 1. The highest BCUT2D eigenvalue weighted by Crippen LogP contribution is 2.27. The second kappa shape index (κ2) is 6.15. The summed E-state index contributed by atoms with van der Waals surface area (Å²) in [5.74, 6) is 0. The summed E-state index contributed by atoms with van der Waals surface area (Å²) in [6.45, 7) is 4.22. The zero-order valence-corrected chi connectivity index (χ0v) is 11.9. The SMILES string of the molecule is CC(NCCC1CCCO1)c1ccc(Br)s1. The van der Waals surface area contributed by atoms with Crippen LogP contribution in [0.4, 0.5) is 0 Å². The molecule has 0 aliphatic carbocycles. The first-order chi connectivity index (χ1) is 7.75. The normalized spacial score (nSPS) is 22.5. The van der Waals surface area contributed by atoms with E-state index in [1.165, 1.54) is 21.5 Å². The number of hydrogen-bond donors (Lipinski definition) is 1. The molecule has 0 saturated carbocycles. The molecule has 1 N–H and O–H groups in total. The molecule has 1 aliphatic heterocycles. The second-order valence-electron chi connectivity index (χ2n) is 4.24. The molecule has 2 unspecified atom stereocenters. The van der Waals surface area contributed by atoms with Gasteiger partial charge in [-0.2, -0.15) is 0 Å². The van der Waals surface area contributed by atoms with Crippen LogP contribution in [-0.4, -0.2) is 19.3 Å². The monoisotopic (exact) mass is 303 g/mol. The summed E-state index contributed by atoms with van der Waals surface area (Å²) in [6, 6.07) is 4.73. The molecule has 2 atom stereocenters. The average Bonchev–Trinajstić information content (AvgIpc) is 2.89. The molecule has 0 bridgehead atoms. The van der Waals surface area contributed by atoms with Crippen LogP contribution in [0.15, 0.2) is 15.9 Å². The largest absolute Gasteiger partial charge is 0.378 e. The van der Waals surface area contributed by atoms with Gasteiger partial charge in [0.05, 0.1) is 9.89 Å². The van der Waals surface area contributed by atoms with Crippen molar-refractivity contribution in [3.05, 3.63) is 20.8 Å². The smallest absolute Gasteiger partial charge is 0.0701 e. The molecule has 1 aromatic rings. The number of ether oxygens (including phenoxy) is 1. The van der Waals surface area contributed by atoms with E-state index in [1.807, 2.05) is 0 Å². The summed E-state index contributed by atoms with van der Waals surface area (Å²) in [7, 11) is 0. The highest BCUT2D eigenvalue weighted by atomic mass is 79.9. The standard InChI is InChI=1S/C12H18BrNOS/c1-9(11-4-5-12(13)16-11)14-7-6-10-3-2-8-15-10/h4-5,9-10,14H,2-3,6-8H2,1H3. The fourth-order valence-corrected chi connectivity index (χ4v) is 3.44. The third-order valence-corrected chi connectivity index (χ3v) is 4.77. The van der Waals surface area contributed by atoms with Gasteiger partial charge >= 0.3 is 0 Å². The molecule has 0 amide bonds. The topological polar surface area (TPSA) is 21.3 Å². The lowest BCUT2D eigenvalue weighted by atomic mass is 10.2. The summed E-state index contributed by atoms with van der Waals surface area (Å²) in [4.78, 5) is 1.39. The third kappa shape index (κ3) is 3.55. The first-order valence-electron chi connectivity index (χ1n) is 5.86. The van der Waals surface area contributed by atoms with Gasteiger partial charge in [-0.1, -0.05) is 0 Å². The minimum absolute atomic E-state index is 0.442. The predicted molar refractivity (Wildman–Crippen MR) is 72.0 cm³/mol. The minimum Gasteiger partial charge on any atom is -0.378 e. The first-order valence-corrected chi connectivity index (χ1v) is 7.47. The number of rotatable bonds is 5. The van der Waals surface area contributed by atoms with Crippen molar-refractivity contribution in [2.24, 2.45) is 0 Å². The summed E-state index contributed by atoms with van der Waals surface area (Å²) >= 11 is 5.29. The predicted octanol–water partition coefficient (Wildman–Crippen LogP) is 3.73. The molecule has 90 valence electrons. The maximum atomic E-state index is 5.60. The maximum absolute atomic E-state index is 5.60. The Labute approximate surface area is 110 Å². The van der Waals surface area contributed by atoms with Crippen molar-refractivity contribution in [1.29, 1.82) is 0 Å². The summed E-state index contributed by atoms with van der Waals surface area (Å²) in [6.07, 6.45) is 4.10. The van der Waals surface area contributed by atoms with Crippen LogP contribution in [0.3, 0.4) is 0 Å². The highest BCUT2D eigenvalue weighted by Gasteiger charge is 2.15. The van der Waals surface area contributed by atoms with E-state index >= 15 is 0 Å². The molecular weight excluding hydrogens is 286 g/mol. The molecule has 1 aromatic heterocycles. The Kier molecular flexibility index (Phi) is 4.82. The lowest BCUT2D eigenvalue weighted by Gasteiger charge is -2.14. The average molecular weight is 304 g/mol. The Morgan fingerprint density at radius 2 is 2.50 bits per heavy atom. The van der Waals surface area contributed by atoms with E-state index in [4.69, 9.17) is 4.74 Å². The molecule has 1 saturated heterocycles. The van der Waals surface area contributed by atoms with Gasteiger partial charge in [-0.15, -0.1) is 11.3 Å². The molecule has 2 nitrogen and oxygen atoms in total. The molecule has 1 fully saturated rings. The van der Waals surface area contributed by atoms with Crippen molar-refractivity contribution in [3.8, 4) is 0 Å². The van der Waals surface area contributed by atoms with Crippen LogP contribution in [0.2, 0.25) is 0 Å². The van der Waals surface area contributed by atoms with Crippen molar-refractivity contribution in [3.63, 3.8) is 0 Å². The minimum atomic E-state index is 0.442. The maximum Gasteiger partial charge on any atom is 0.0701 e. The highest BCUT2D eigenvalue weighted by molar-refractivity contribution is 9.11. The molecule has 2 rings (SSSR count). The molecule has 0 aromatic carbocycles. The van der Waals surface area contributed by atoms with Crippen LogP contribution in [-0.2, 0) is 4.74 Å². The van der Waals surface area contributed by atoms with Gasteiger partial charge in [0.25, 0.3) is 0 Å². The van der Waals surface area contributed by atoms with Gasteiger partial charge in [0.1, 0.15) is 0 Å². The summed E-state index contributed by atoms with van der Waals surface area (Å²) in [5, 5.41) is 3.55. The molecule has 0 spiro atoms. The third-order valence-electron chi connectivity index (χ3n) is 2.96.